The molecule has 0 N–H and O–H groups in total. The van der Waals surface area contributed by atoms with E-state index in [1.165, 1.54) is 162 Å². The van der Waals surface area contributed by atoms with Crippen molar-refractivity contribution in [2.75, 3.05) is 0 Å². The highest BCUT2D eigenvalue weighted by Gasteiger charge is 2.25. The number of rotatable bonds is 10. The zero-order chi connectivity index (χ0) is 85.7. The van der Waals surface area contributed by atoms with Gasteiger partial charge < -0.3 is 9.13 Å². The van der Waals surface area contributed by atoms with Crippen molar-refractivity contribution in [3.63, 3.8) is 0 Å². The Morgan fingerprint density at radius 2 is 0.585 bits per heavy atom. The molecule has 0 amide bonds. The van der Waals surface area contributed by atoms with Crippen LogP contribution in [0.1, 0.15) is 0 Å². The Morgan fingerprint density at radius 3 is 1.18 bits per heavy atom. The zero-order valence-corrected chi connectivity index (χ0v) is 71.3. The van der Waals surface area contributed by atoms with Gasteiger partial charge in [0, 0.05) is 103 Å². The van der Waals surface area contributed by atoms with Crippen LogP contribution in [0.2, 0.25) is 0 Å². The molecule has 0 atom stereocenters. The molecule has 7 nitrogen and oxygen atoms in total. The van der Waals surface area contributed by atoms with Gasteiger partial charge in [-0.1, -0.05) is 370 Å². The van der Waals surface area contributed by atoms with E-state index in [4.69, 9.17) is 19.9 Å². The highest BCUT2D eigenvalue weighted by molar-refractivity contribution is 7.25. The lowest BCUT2D eigenvalue weighted by molar-refractivity contribution is 1.05. The maximum absolute atomic E-state index is 5.27. The first-order valence-corrected chi connectivity index (χ1v) is 45.0. The first-order valence-electron chi connectivity index (χ1n) is 44.2. The summed E-state index contributed by atoms with van der Waals surface area (Å²) in [6, 6.07) is 165. The summed E-state index contributed by atoms with van der Waals surface area (Å²) in [5.74, 6) is 1.52. The third-order valence-corrected chi connectivity index (χ3v) is 27.1. The van der Waals surface area contributed by atoms with E-state index in [0.29, 0.717) is 5.82 Å². The minimum Gasteiger partial charge on any atom is -0.309 e. The van der Waals surface area contributed by atoms with Gasteiger partial charge in [-0.15, -0.1) is 11.3 Å². The van der Waals surface area contributed by atoms with Gasteiger partial charge >= 0.3 is 0 Å². The van der Waals surface area contributed by atoms with Gasteiger partial charge in [0.2, 0.25) is 0 Å². The SMILES string of the molecule is c1ccc(-c2cc(-c3ccc4sc5ccccc5c4c3)cc(-n3c4ccc5ccccc5c4c4ccc5ccccc5c43)c2)cc1.c1ccc(-c2cc(-n3c4ccc5ccccc5c4c4cnc5ccccc5c43)nc(-c3ccccc3)n2)cc1.c1ccc(-c2cccc(-c3cc(-n4c5ccc6ccccc6c5c5c6ccccc6ccc54)cc(-c4ccccc4)n3)c2)cc1. The molecule has 0 saturated carbocycles. The molecule has 7 aromatic heterocycles. The number of fused-ring (bicyclic) bond motifs is 24. The van der Waals surface area contributed by atoms with E-state index in [1.807, 2.05) is 60.0 Å². The van der Waals surface area contributed by atoms with Crippen LogP contribution in [0.3, 0.4) is 0 Å². The molecule has 0 spiro atoms. The van der Waals surface area contributed by atoms with Crippen LogP contribution in [-0.4, -0.2) is 33.6 Å². The molecule has 0 fully saturated rings. The largest absolute Gasteiger partial charge is 0.309 e. The van der Waals surface area contributed by atoms with Crippen LogP contribution in [-0.2, 0) is 0 Å². The molecular formula is C122H77N7S. The lowest BCUT2D eigenvalue weighted by Gasteiger charge is -2.15. The number of para-hydroxylation sites is 1. The highest BCUT2D eigenvalue weighted by Crippen LogP contribution is 2.47. The number of aromatic nitrogens is 7. The van der Waals surface area contributed by atoms with Crippen LogP contribution in [0.4, 0.5) is 0 Å². The predicted octanol–water partition coefficient (Wildman–Crippen LogP) is 32.9. The highest BCUT2D eigenvalue weighted by atomic mass is 32.1. The van der Waals surface area contributed by atoms with Gasteiger partial charge in [-0.25, -0.2) is 15.0 Å². The summed E-state index contributed by atoms with van der Waals surface area (Å²) in [5, 5.41) is 23.7. The number of benzene rings is 20. The summed E-state index contributed by atoms with van der Waals surface area (Å²) in [5.41, 5.74) is 24.5. The predicted molar refractivity (Wildman–Crippen MR) is 550 cm³/mol. The Kier molecular flexibility index (Phi) is 18.3. The van der Waals surface area contributed by atoms with E-state index >= 15 is 0 Å². The van der Waals surface area contributed by atoms with Crippen LogP contribution in [0, 0.1) is 0 Å². The second-order valence-corrected chi connectivity index (χ2v) is 34.6. The van der Waals surface area contributed by atoms with Gasteiger partial charge in [-0.05, 0) is 167 Å². The Morgan fingerprint density at radius 1 is 0.192 bits per heavy atom. The molecule has 606 valence electrons. The van der Waals surface area contributed by atoms with Gasteiger partial charge in [-0.3, -0.25) is 9.55 Å². The average molecular weight is 1670 g/mol. The average Bonchev–Trinajstić information content (AvgIpc) is 1.57. The van der Waals surface area contributed by atoms with Crippen LogP contribution in [0.5, 0.6) is 0 Å². The summed E-state index contributed by atoms with van der Waals surface area (Å²) >= 11 is 1.87. The van der Waals surface area contributed by atoms with E-state index in [2.05, 4.69) is 432 Å². The second kappa shape index (κ2) is 31.6. The van der Waals surface area contributed by atoms with Crippen molar-refractivity contribution < 1.29 is 0 Å². The van der Waals surface area contributed by atoms with E-state index in [1.54, 1.807) is 0 Å². The zero-order valence-electron chi connectivity index (χ0n) is 70.5. The van der Waals surface area contributed by atoms with E-state index in [0.717, 1.165) is 78.2 Å². The normalized spacial score (nSPS) is 11.7. The molecule has 27 aromatic rings. The molecule has 27 rings (SSSR count). The third kappa shape index (κ3) is 13.0. The molecule has 0 unspecified atom stereocenters. The van der Waals surface area contributed by atoms with E-state index in [-0.39, 0.29) is 0 Å². The van der Waals surface area contributed by atoms with Crippen molar-refractivity contribution in [1.29, 1.82) is 0 Å². The maximum Gasteiger partial charge on any atom is 0.162 e. The van der Waals surface area contributed by atoms with Gasteiger partial charge in [0.1, 0.15) is 5.82 Å². The minimum atomic E-state index is 0.695. The van der Waals surface area contributed by atoms with Crippen LogP contribution < -0.4 is 0 Å². The van der Waals surface area contributed by atoms with Crippen LogP contribution in [0.15, 0.2) is 467 Å². The van der Waals surface area contributed by atoms with Gasteiger partial charge in [0.05, 0.1) is 61.4 Å². The molecule has 8 heteroatoms. The Balaban J connectivity index is 0.000000106. The smallest absolute Gasteiger partial charge is 0.162 e. The van der Waals surface area contributed by atoms with Gasteiger partial charge in [0.25, 0.3) is 0 Å². The van der Waals surface area contributed by atoms with Crippen molar-refractivity contribution in [2.45, 2.75) is 0 Å². The summed E-state index contributed by atoms with van der Waals surface area (Å²) < 4.78 is 9.89. The molecule has 0 aliphatic heterocycles. The fraction of sp³-hybridized carbons (Fsp3) is 0. The van der Waals surface area contributed by atoms with E-state index in [9.17, 15) is 0 Å². The molecule has 0 aliphatic carbocycles. The summed E-state index contributed by atoms with van der Waals surface area (Å²) in [4.78, 5) is 20.3. The first-order chi connectivity index (χ1) is 64.5. The number of nitrogens with zero attached hydrogens (tertiary/aromatic N) is 7. The molecule has 20 aromatic carbocycles. The van der Waals surface area contributed by atoms with Crippen molar-refractivity contribution >= 4 is 162 Å². The lowest BCUT2D eigenvalue weighted by atomic mass is 9.96. The van der Waals surface area contributed by atoms with Crippen molar-refractivity contribution in [1.82, 2.24) is 33.6 Å². The number of hydrogen-bond donors (Lipinski definition) is 0. The Hall–Kier alpha value is -17.0. The minimum absolute atomic E-state index is 0.695. The number of thiophene rings is 1. The Labute approximate surface area is 752 Å². The molecule has 0 aliphatic rings. The van der Waals surface area contributed by atoms with Crippen molar-refractivity contribution in [3.8, 4) is 95.7 Å². The molecular weight excluding hydrogens is 1600 g/mol. The molecule has 130 heavy (non-hydrogen) atoms. The summed E-state index contributed by atoms with van der Waals surface area (Å²) in [6.45, 7) is 0. The summed E-state index contributed by atoms with van der Waals surface area (Å²) in [6.07, 6.45) is 2.01. The lowest BCUT2D eigenvalue weighted by Crippen LogP contribution is -2.03. The maximum atomic E-state index is 5.27. The Bertz CT molecular complexity index is 9020. The van der Waals surface area contributed by atoms with Gasteiger partial charge in [-0.2, -0.15) is 0 Å². The fourth-order valence-corrected chi connectivity index (χ4v) is 21.0. The molecule has 7 heterocycles. The third-order valence-electron chi connectivity index (χ3n) is 25.9. The van der Waals surface area contributed by atoms with Crippen LogP contribution in [0.25, 0.3) is 246 Å². The monoisotopic (exact) mass is 1670 g/mol. The molecule has 0 saturated heterocycles. The van der Waals surface area contributed by atoms with Crippen molar-refractivity contribution in [2.24, 2.45) is 0 Å². The number of hydrogen-bond acceptors (Lipinski definition) is 5. The van der Waals surface area contributed by atoms with Crippen molar-refractivity contribution in [3.05, 3.63) is 467 Å². The molecule has 0 bridgehead atoms. The quantitative estimate of drug-likeness (QED) is 0.137. The number of pyridine rings is 2. The topological polar surface area (TPSA) is 66.3 Å². The van der Waals surface area contributed by atoms with Gasteiger partial charge in [0.15, 0.2) is 5.82 Å². The molecule has 0 radical (unpaired) electrons. The standard InChI is InChI=1S/C44H27NS.C43H28N2.C35H22N4/c1-2-10-28(11-3-1)32-24-33(31-20-23-42-39(27-31)37-16-8-9-17-41(37)46-42)26-34(25-32)45-40-22-19-29-12-4-6-14-35(29)43(40)38-21-18-30-13-5-7-15-36(30)44(38)45;1-3-12-29(13-4-1)33-18-11-19-34(26-33)39-28-35(27-38(44-39)32-16-5-2-6-17-32)45-40-24-22-30-14-7-9-20-36(30)42(40)43-37-21-10-8-15-31(37)23-25-41(43)45;1-3-12-24(13-4-1)30-21-32(38-35(37-30)25-14-5-2-6-15-25)39-31-20-19-23-11-7-8-16-26(23)33(31)28-22-36-29-18-10-9-17-27(29)34(28)39/h1-27H;1-28H;1-22H. The first kappa shape index (κ1) is 75.5. The van der Waals surface area contributed by atoms with E-state index < -0.39 is 0 Å². The fourth-order valence-electron chi connectivity index (χ4n) is 20.0. The second-order valence-electron chi connectivity index (χ2n) is 33.5. The summed E-state index contributed by atoms with van der Waals surface area (Å²) in [7, 11) is 0. The van der Waals surface area contributed by atoms with Crippen LogP contribution >= 0.6 is 11.3 Å².